The third-order valence-electron chi connectivity index (χ3n) is 5.44. The zero-order valence-electron chi connectivity index (χ0n) is 16.3. The molecule has 2 amide bonds. The fraction of sp³-hybridized carbons (Fsp3) is 0.381. The Hall–Kier alpha value is -2.97. The Morgan fingerprint density at radius 1 is 1.24 bits per heavy atom. The molecule has 4 heterocycles. The lowest BCUT2D eigenvalue weighted by atomic mass is 9.89. The van der Waals surface area contributed by atoms with Crippen LogP contribution < -0.4 is 10.7 Å². The monoisotopic (exact) mass is 396 g/mol. The van der Waals surface area contributed by atoms with E-state index in [0.717, 1.165) is 11.5 Å². The molecular weight excluding hydrogens is 372 g/mol. The molecule has 0 aromatic carbocycles. The molecule has 152 valence electrons. The molecule has 2 aliphatic heterocycles. The van der Waals surface area contributed by atoms with Crippen molar-refractivity contribution in [3.05, 3.63) is 60.2 Å². The summed E-state index contributed by atoms with van der Waals surface area (Å²) in [5.74, 6) is 0.808. The molecule has 0 spiro atoms. The average molecular weight is 396 g/mol. The van der Waals surface area contributed by atoms with E-state index in [4.69, 9.17) is 4.42 Å². The number of anilines is 1. The van der Waals surface area contributed by atoms with E-state index >= 15 is 0 Å². The molecule has 2 aliphatic rings. The minimum Gasteiger partial charge on any atom is -0.466 e. The lowest BCUT2D eigenvalue weighted by Gasteiger charge is -2.40. The number of nitrogens with one attached hydrogen (secondary N) is 2. The van der Waals surface area contributed by atoms with E-state index in [-0.39, 0.29) is 17.7 Å². The molecule has 5 atom stereocenters. The van der Waals surface area contributed by atoms with Gasteiger partial charge in [-0.1, -0.05) is 25.1 Å². The molecule has 8 nitrogen and oxygen atoms in total. The van der Waals surface area contributed by atoms with Gasteiger partial charge in [0.2, 0.25) is 11.8 Å². The highest BCUT2D eigenvalue weighted by molar-refractivity contribution is 6.08. The Labute approximate surface area is 168 Å². The van der Waals surface area contributed by atoms with Crippen molar-refractivity contribution in [3.63, 3.8) is 0 Å². The van der Waals surface area contributed by atoms with Crippen LogP contribution in [0.5, 0.6) is 0 Å². The lowest BCUT2D eigenvalue weighted by molar-refractivity contribution is -0.126. The molecule has 0 saturated carbocycles. The Kier molecular flexibility index (Phi) is 5.21. The van der Waals surface area contributed by atoms with Crippen LogP contribution in [-0.4, -0.2) is 45.1 Å². The van der Waals surface area contributed by atoms with Crippen LogP contribution in [0.1, 0.15) is 30.8 Å². The molecule has 1 saturated heterocycles. The Morgan fingerprint density at radius 3 is 2.76 bits per heavy atom. The topological polar surface area (TPSA) is 108 Å². The van der Waals surface area contributed by atoms with Gasteiger partial charge in [-0.2, -0.15) is 5.01 Å². The first-order valence-electron chi connectivity index (χ1n) is 9.67. The molecule has 0 radical (unpaired) electrons. The smallest absolute Gasteiger partial charge is 0.246 e. The van der Waals surface area contributed by atoms with Crippen molar-refractivity contribution in [3.8, 4) is 0 Å². The summed E-state index contributed by atoms with van der Waals surface area (Å²) in [7, 11) is 0. The van der Waals surface area contributed by atoms with Crippen molar-refractivity contribution >= 4 is 17.6 Å². The van der Waals surface area contributed by atoms with Crippen molar-refractivity contribution in [2.75, 3.05) is 5.43 Å². The maximum absolute atomic E-state index is 12.5. The number of carbonyl (C=O) groups is 2. The first-order chi connectivity index (χ1) is 13.9. The number of hydrogen-bond acceptors (Lipinski definition) is 7. The van der Waals surface area contributed by atoms with Crippen LogP contribution in [0.25, 0.3) is 0 Å². The summed E-state index contributed by atoms with van der Waals surface area (Å²) in [6, 6.07) is 7.90. The number of furan rings is 1. The fourth-order valence-corrected chi connectivity index (χ4v) is 3.94. The summed E-state index contributed by atoms with van der Waals surface area (Å²) < 4.78 is 5.68. The summed E-state index contributed by atoms with van der Waals surface area (Å²) in [5.41, 5.74) is 3.13. The van der Waals surface area contributed by atoms with E-state index in [1.807, 2.05) is 32.0 Å². The van der Waals surface area contributed by atoms with Crippen molar-refractivity contribution in [1.82, 2.24) is 15.3 Å². The van der Waals surface area contributed by atoms with Gasteiger partial charge in [0.05, 0.1) is 18.1 Å². The summed E-state index contributed by atoms with van der Waals surface area (Å²) in [6.07, 6.45) is 4.74. The number of hydrazine groups is 1. The maximum atomic E-state index is 12.5. The number of aliphatic hydroxyl groups is 1. The van der Waals surface area contributed by atoms with Gasteiger partial charge in [-0.05, 0) is 37.6 Å². The number of imide groups is 1. The maximum Gasteiger partial charge on any atom is 0.246 e. The highest BCUT2D eigenvalue weighted by Gasteiger charge is 2.49. The van der Waals surface area contributed by atoms with Crippen LogP contribution in [0.15, 0.2) is 53.1 Å². The van der Waals surface area contributed by atoms with Crippen LogP contribution in [0.4, 0.5) is 5.82 Å². The van der Waals surface area contributed by atoms with Gasteiger partial charge in [-0.15, -0.1) is 0 Å². The number of carbonyl (C=O) groups excluding carboxylic acids is 2. The van der Waals surface area contributed by atoms with Crippen molar-refractivity contribution in [1.29, 1.82) is 0 Å². The molecule has 0 bridgehead atoms. The molecule has 2 aromatic heterocycles. The van der Waals surface area contributed by atoms with Gasteiger partial charge in [-0.3, -0.25) is 14.9 Å². The Bertz CT molecular complexity index is 926. The SMILES string of the molecule is Cc1ccc(C(C)CC(O)C2C=CC3C(=O)NC(=O)C3N2Nc2ccccn2)o1. The quantitative estimate of drug-likeness (QED) is 0.504. The number of hydrogen-bond donors (Lipinski definition) is 3. The number of nitrogens with zero attached hydrogens (tertiary/aromatic N) is 2. The molecule has 1 fully saturated rings. The summed E-state index contributed by atoms with van der Waals surface area (Å²) in [5, 5.41) is 15.0. The number of rotatable bonds is 6. The molecular formula is C21H24N4O4. The molecule has 5 unspecified atom stereocenters. The van der Waals surface area contributed by atoms with Gasteiger partial charge in [0, 0.05) is 12.1 Å². The summed E-state index contributed by atoms with van der Waals surface area (Å²) in [6.45, 7) is 3.87. The fourth-order valence-electron chi connectivity index (χ4n) is 3.94. The number of aromatic nitrogens is 1. The van der Waals surface area contributed by atoms with Crippen molar-refractivity contribution in [2.24, 2.45) is 5.92 Å². The second kappa shape index (κ2) is 7.81. The zero-order valence-corrected chi connectivity index (χ0v) is 16.3. The van der Waals surface area contributed by atoms with Crippen LogP contribution in [0, 0.1) is 12.8 Å². The lowest BCUT2D eigenvalue weighted by Crippen LogP contribution is -2.57. The van der Waals surface area contributed by atoms with E-state index in [1.165, 1.54) is 0 Å². The van der Waals surface area contributed by atoms with Gasteiger partial charge >= 0.3 is 0 Å². The standard InChI is InChI=1S/C21H24N4O4/c1-12(17-9-6-13(2)29-17)11-16(26)15-8-7-14-19(21(28)23-20(14)27)25(15)24-18-5-3-4-10-22-18/h3-10,12,14-16,19,26H,11H2,1-2H3,(H,22,24)(H,23,27,28). The minimum absolute atomic E-state index is 0.0134. The second-order valence-corrected chi connectivity index (χ2v) is 7.59. The third-order valence-corrected chi connectivity index (χ3v) is 5.44. The van der Waals surface area contributed by atoms with Gasteiger partial charge in [-0.25, -0.2) is 4.98 Å². The second-order valence-electron chi connectivity index (χ2n) is 7.59. The van der Waals surface area contributed by atoms with E-state index in [9.17, 15) is 14.7 Å². The van der Waals surface area contributed by atoms with Gasteiger partial charge < -0.3 is 14.9 Å². The first-order valence-corrected chi connectivity index (χ1v) is 9.67. The van der Waals surface area contributed by atoms with Crippen molar-refractivity contribution in [2.45, 2.75) is 44.4 Å². The van der Waals surface area contributed by atoms with Crippen LogP contribution in [0.3, 0.4) is 0 Å². The largest absolute Gasteiger partial charge is 0.466 e. The van der Waals surface area contributed by atoms with Crippen LogP contribution >= 0.6 is 0 Å². The summed E-state index contributed by atoms with van der Waals surface area (Å²) in [4.78, 5) is 28.8. The highest BCUT2D eigenvalue weighted by atomic mass is 16.3. The van der Waals surface area contributed by atoms with Crippen molar-refractivity contribution < 1.29 is 19.1 Å². The van der Waals surface area contributed by atoms with Crippen LogP contribution in [0.2, 0.25) is 0 Å². The molecule has 29 heavy (non-hydrogen) atoms. The Morgan fingerprint density at radius 2 is 2.07 bits per heavy atom. The molecule has 4 rings (SSSR count). The normalized spacial score (nSPS) is 26.1. The van der Waals surface area contributed by atoms with Crippen LogP contribution in [-0.2, 0) is 9.59 Å². The van der Waals surface area contributed by atoms with Gasteiger partial charge in [0.1, 0.15) is 23.4 Å². The zero-order chi connectivity index (χ0) is 20.5. The number of pyridine rings is 1. The molecule has 2 aromatic rings. The van der Waals surface area contributed by atoms with Gasteiger partial charge in [0.25, 0.3) is 0 Å². The number of amides is 2. The molecule has 8 heteroatoms. The molecule has 0 aliphatic carbocycles. The first kappa shape index (κ1) is 19.4. The van der Waals surface area contributed by atoms with E-state index in [1.54, 1.807) is 35.5 Å². The predicted octanol–water partition coefficient (Wildman–Crippen LogP) is 1.75. The van der Waals surface area contributed by atoms with E-state index < -0.39 is 24.1 Å². The highest BCUT2D eigenvalue weighted by Crippen LogP contribution is 2.32. The van der Waals surface area contributed by atoms with Gasteiger partial charge in [0.15, 0.2) is 0 Å². The molecule has 3 N–H and O–H groups in total. The third kappa shape index (κ3) is 3.81. The number of aryl methyl sites for hydroxylation is 1. The minimum atomic E-state index is -0.799. The van der Waals surface area contributed by atoms with E-state index in [2.05, 4.69) is 15.7 Å². The number of fused-ring (bicyclic) bond motifs is 1. The number of aliphatic hydroxyl groups excluding tert-OH is 1. The summed E-state index contributed by atoms with van der Waals surface area (Å²) >= 11 is 0. The van der Waals surface area contributed by atoms with E-state index in [0.29, 0.717) is 12.2 Å². The Balaban J connectivity index is 1.59. The predicted molar refractivity (Wildman–Crippen MR) is 106 cm³/mol. The average Bonchev–Trinajstić information content (AvgIpc) is 3.26.